The number of hydrogen-bond donors (Lipinski definition) is 1. The van der Waals surface area contributed by atoms with E-state index in [0.29, 0.717) is 11.6 Å². The van der Waals surface area contributed by atoms with E-state index in [4.69, 9.17) is 4.74 Å². The summed E-state index contributed by atoms with van der Waals surface area (Å²) in [5, 5.41) is 3.23. The van der Waals surface area contributed by atoms with Crippen LogP contribution in [0.3, 0.4) is 0 Å². The van der Waals surface area contributed by atoms with Gasteiger partial charge in [-0.1, -0.05) is 42.5 Å². The molecule has 3 aromatic rings. The van der Waals surface area contributed by atoms with Gasteiger partial charge in [0.15, 0.2) is 0 Å². The minimum Gasteiger partial charge on any atom is -0.383 e. The van der Waals surface area contributed by atoms with Crippen LogP contribution in [0.2, 0.25) is 0 Å². The Labute approximate surface area is 207 Å². The minimum atomic E-state index is -0.252. The molecule has 0 bridgehead atoms. The fourth-order valence-corrected chi connectivity index (χ4v) is 5.47. The van der Waals surface area contributed by atoms with Crippen LogP contribution in [0.5, 0.6) is 0 Å². The summed E-state index contributed by atoms with van der Waals surface area (Å²) in [7, 11) is 1.79. The van der Waals surface area contributed by atoms with Gasteiger partial charge in [-0.05, 0) is 90.7 Å². The summed E-state index contributed by atoms with van der Waals surface area (Å²) in [6.45, 7) is 2.93. The molecule has 0 spiro atoms. The Morgan fingerprint density at radius 3 is 2.49 bits per heavy atom. The fourth-order valence-electron chi connectivity index (χ4n) is 5.47. The molecule has 2 unspecified atom stereocenters. The Morgan fingerprint density at radius 1 is 1.00 bits per heavy atom. The summed E-state index contributed by atoms with van der Waals surface area (Å²) >= 11 is 0. The van der Waals surface area contributed by atoms with Crippen molar-refractivity contribution in [3.8, 4) is 11.1 Å². The van der Waals surface area contributed by atoms with Gasteiger partial charge in [0.2, 0.25) is 0 Å². The molecule has 1 aliphatic heterocycles. The highest BCUT2D eigenvalue weighted by atomic mass is 19.1. The first-order valence-corrected chi connectivity index (χ1v) is 12.6. The molecular weight excluding hydrogens is 439 g/mol. The highest BCUT2D eigenvalue weighted by Gasteiger charge is 2.25. The molecule has 1 fully saturated rings. The van der Waals surface area contributed by atoms with Crippen LogP contribution >= 0.6 is 0 Å². The smallest absolute Gasteiger partial charge is 0.251 e. The van der Waals surface area contributed by atoms with Gasteiger partial charge < -0.3 is 10.1 Å². The van der Waals surface area contributed by atoms with Crippen molar-refractivity contribution in [2.24, 2.45) is 0 Å². The van der Waals surface area contributed by atoms with E-state index >= 15 is 0 Å². The lowest BCUT2D eigenvalue weighted by Crippen LogP contribution is -2.39. The first-order valence-electron chi connectivity index (χ1n) is 12.6. The van der Waals surface area contributed by atoms with Gasteiger partial charge in [0.1, 0.15) is 5.82 Å². The standard InChI is InChI=1S/C30H33FN2O2/c1-35-20-29-3-2-16-33(29)19-21-4-5-26-18-28(15-12-25(26)17-21)32-30(34)24-8-6-22(7-9-24)23-10-13-27(31)14-11-23/h4-11,13-14,17,28-29H,2-3,12,15-16,18-20H2,1H3,(H,32,34). The second-order valence-corrected chi connectivity index (χ2v) is 9.82. The number of benzene rings is 3. The van der Waals surface area contributed by atoms with Gasteiger partial charge in [-0.15, -0.1) is 0 Å². The largest absolute Gasteiger partial charge is 0.383 e. The number of likely N-dealkylation sites (tertiary alicyclic amines) is 1. The van der Waals surface area contributed by atoms with Crippen LogP contribution in [-0.2, 0) is 24.1 Å². The average Bonchev–Trinajstić information content (AvgIpc) is 3.31. The van der Waals surface area contributed by atoms with Crippen LogP contribution < -0.4 is 5.32 Å². The molecule has 35 heavy (non-hydrogen) atoms. The highest BCUT2D eigenvalue weighted by Crippen LogP contribution is 2.26. The van der Waals surface area contributed by atoms with Crippen molar-refractivity contribution in [2.75, 3.05) is 20.3 Å². The summed E-state index contributed by atoms with van der Waals surface area (Å²) in [5.74, 6) is -0.295. The third-order valence-electron chi connectivity index (χ3n) is 7.40. The Morgan fingerprint density at radius 2 is 1.74 bits per heavy atom. The lowest BCUT2D eigenvalue weighted by molar-refractivity contribution is 0.0933. The Balaban J connectivity index is 1.18. The molecule has 1 amide bonds. The van der Waals surface area contributed by atoms with E-state index in [1.807, 2.05) is 24.3 Å². The van der Waals surface area contributed by atoms with Crippen LogP contribution in [0.25, 0.3) is 11.1 Å². The second-order valence-electron chi connectivity index (χ2n) is 9.82. The van der Waals surface area contributed by atoms with E-state index in [1.165, 1.54) is 41.7 Å². The third-order valence-corrected chi connectivity index (χ3v) is 7.40. The quantitative estimate of drug-likeness (QED) is 0.501. The fraction of sp³-hybridized carbons (Fsp3) is 0.367. The predicted octanol–water partition coefficient (Wildman–Crippen LogP) is 5.39. The van der Waals surface area contributed by atoms with Crippen molar-refractivity contribution in [2.45, 2.75) is 50.7 Å². The predicted molar refractivity (Wildman–Crippen MR) is 137 cm³/mol. The number of hydrogen-bond acceptors (Lipinski definition) is 3. The summed E-state index contributed by atoms with van der Waals surface area (Å²) < 4.78 is 18.6. The molecule has 1 saturated heterocycles. The van der Waals surface area contributed by atoms with Crippen LogP contribution in [0.15, 0.2) is 66.7 Å². The number of nitrogens with zero attached hydrogens (tertiary/aromatic N) is 1. The number of ether oxygens (including phenoxy) is 1. The molecular formula is C30H33FN2O2. The second kappa shape index (κ2) is 10.7. The first kappa shape index (κ1) is 23.7. The van der Waals surface area contributed by atoms with Gasteiger partial charge in [-0.25, -0.2) is 4.39 Å². The van der Waals surface area contributed by atoms with Crippen molar-refractivity contribution in [3.63, 3.8) is 0 Å². The van der Waals surface area contributed by atoms with Gasteiger partial charge in [-0.2, -0.15) is 0 Å². The highest BCUT2D eigenvalue weighted by molar-refractivity contribution is 5.94. The molecule has 4 nitrogen and oxygen atoms in total. The number of carbonyl (C=O) groups excluding carboxylic acids is 1. The van der Waals surface area contributed by atoms with Gasteiger partial charge in [0.25, 0.3) is 5.91 Å². The lowest BCUT2D eigenvalue weighted by atomic mass is 9.87. The zero-order valence-corrected chi connectivity index (χ0v) is 20.3. The average molecular weight is 473 g/mol. The molecule has 182 valence electrons. The van der Waals surface area contributed by atoms with E-state index in [2.05, 4.69) is 28.4 Å². The Bertz CT molecular complexity index is 1160. The normalized spacial score (nSPS) is 19.9. The maximum absolute atomic E-state index is 13.2. The number of amides is 1. The van der Waals surface area contributed by atoms with Gasteiger partial charge in [-0.3, -0.25) is 9.69 Å². The molecule has 5 rings (SSSR count). The van der Waals surface area contributed by atoms with Crippen molar-refractivity contribution >= 4 is 5.91 Å². The minimum absolute atomic E-state index is 0.0426. The number of aryl methyl sites for hydroxylation is 1. The number of nitrogens with one attached hydrogen (secondary N) is 1. The van der Waals surface area contributed by atoms with Gasteiger partial charge in [0.05, 0.1) is 6.61 Å². The maximum Gasteiger partial charge on any atom is 0.251 e. The zero-order chi connectivity index (χ0) is 24.2. The lowest BCUT2D eigenvalue weighted by Gasteiger charge is -2.27. The van der Waals surface area contributed by atoms with Crippen LogP contribution in [0.1, 0.15) is 46.3 Å². The number of fused-ring (bicyclic) bond motifs is 1. The molecule has 2 atom stereocenters. The molecule has 1 N–H and O–H groups in total. The van der Waals surface area contributed by atoms with Crippen molar-refractivity contribution in [3.05, 3.63) is 94.8 Å². The van der Waals surface area contributed by atoms with Crippen molar-refractivity contribution in [1.82, 2.24) is 10.2 Å². The van der Waals surface area contributed by atoms with E-state index in [0.717, 1.165) is 50.1 Å². The zero-order valence-electron chi connectivity index (χ0n) is 20.3. The molecule has 2 aliphatic rings. The molecule has 3 aromatic carbocycles. The third kappa shape index (κ3) is 5.63. The first-order chi connectivity index (χ1) is 17.1. The van der Waals surface area contributed by atoms with Gasteiger partial charge >= 0.3 is 0 Å². The number of rotatable bonds is 7. The van der Waals surface area contributed by atoms with E-state index in [1.54, 1.807) is 19.2 Å². The Hall–Kier alpha value is -3.02. The SMILES string of the molecule is COCC1CCCN1Cc1ccc2c(c1)CCC(NC(=O)c1ccc(-c3ccc(F)cc3)cc1)C2. The molecule has 5 heteroatoms. The van der Waals surface area contributed by atoms with Crippen molar-refractivity contribution in [1.29, 1.82) is 0 Å². The molecule has 0 saturated carbocycles. The van der Waals surface area contributed by atoms with Crippen LogP contribution in [-0.4, -0.2) is 43.2 Å². The van der Waals surface area contributed by atoms with Crippen LogP contribution in [0, 0.1) is 5.82 Å². The molecule has 1 aliphatic carbocycles. The maximum atomic E-state index is 13.2. The number of carbonyl (C=O) groups is 1. The topological polar surface area (TPSA) is 41.6 Å². The molecule has 0 aromatic heterocycles. The van der Waals surface area contributed by atoms with Crippen molar-refractivity contribution < 1.29 is 13.9 Å². The molecule has 1 heterocycles. The summed E-state index contributed by atoms with van der Waals surface area (Å²) in [5.41, 5.74) is 6.67. The Kier molecular flexibility index (Phi) is 7.26. The number of halogens is 1. The number of methoxy groups -OCH3 is 1. The summed E-state index contributed by atoms with van der Waals surface area (Å²) in [6.07, 6.45) is 5.26. The monoisotopic (exact) mass is 472 g/mol. The van der Waals surface area contributed by atoms with Gasteiger partial charge in [0, 0.05) is 31.3 Å². The van der Waals surface area contributed by atoms with E-state index < -0.39 is 0 Å². The van der Waals surface area contributed by atoms with Crippen LogP contribution in [0.4, 0.5) is 4.39 Å². The molecule has 0 radical (unpaired) electrons. The van der Waals surface area contributed by atoms with E-state index in [-0.39, 0.29) is 17.8 Å². The summed E-state index contributed by atoms with van der Waals surface area (Å²) in [4.78, 5) is 15.4. The van der Waals surface area contributed by atoms with E-state index in [9.17, 15) is 9.18 Å². The summed E-state index contributed by atoms with van der Waals surface area (Å²) in [6, 6.07) is 21.4.